The highest BCUT2D eigenvalue weighted by atomic mass is 16.6. The van der Waals surface area contributed by atoms with Gasteiger partial charge in [-0.2, -0.15) is 0 Å². The first-order valence-corrected chi connectivity index (χ1v) is 5.52. The summed E-state index contributed by atoms with van der Waals surface area (Å²) in [7, 11) is 0. The highest BCUT2D eigenvalue weighted by Gasteiger charge is 2.32. The lowest BCUT2D eigenvalue weighted by atomic mass is 9.97. The number of piperidine rings is 1. The van der Waals surface area contributed by atoms with Crippen molar-refractivity contribution in [3.05, 3.63) is 5.69 Å². The van der Waals surface area contributed by atoms with Gasteiger partial charge in [0.2, 0.25) is 11.5 Å². The Morgan fingerprint density at radius 2 is 2.00 bits per heavy atom. The topological polar surface area (TPSA) is 85.2 Å². The number of likely N-dealkylation sites (tertiary alicyclic amines) is 1. The van der Waals surface area contributed by atoms with Crippen LogP contribution in [0.5, 0.6) is 0 Å². The van der Waals surface area contributed by atoms with Crippen LogP contribution in [0, 0.1) is 0 Å². The van der Waals surface area contributed by atoms with E-state index in [1.807, 2.05) is 18.7 Å². The number of aromatic nitrogens is 2. The monoisotopic (exact) mass is 224 g/mol. The van der Waals surface area contributed by atoms with E-state index in [4.69, 9.17) is 5.73 Å². The van der Waals surface area contributed by atoms with E-state index >= 15 is 0 Å². The van der Waals surface area contributed by atoms with E-state index in [-0.39, 0.29) is 29.5 Å². The molecule has 0 spiro atoms. The van der Waals surface area contributed by atoms with Crippen LogP contribution >= 0.6 is 0 Å². The van der Waals surface area contributed by atoms with E-state index < -0.39 is 0 Å². The Bertz CT molecular complexity index is 380. The Labute approximate surface area is 93.7 Å². The van der Waals surface area contributed by atoms with Gasteiger partial charge in [0, 0.05) is 12.1 Å². The highest BCUT2D eigenvalue weighted by molar-refractivity contribution is 5.96. The minimum Gasteiger partial charge on any atom is -0.379 e. The van der Waals surface area contributed by atoms with Crippen LogP contribution in [-0.4, -0.2) is 33.2 Å². The van der Waals surface area contributed by atoms with Crippen LogP contribution in [0.25, 0.3) is 0 Å². The predicted octanol–water partition coefficient (Wildman–Crippen LogP) is 1.05. The molecule has 1 saturated heterocycles. The number of rotatable bonds is 1. The van der Waals surface area contributed by atoms with Gasteiger partial charge in [0.1, 0.15) is 0 Å². The van der Waals surface area contributed by atoms with Gasteiger partial charge < -0.3 is 10.6 Å². The van der Waals surface area contributed by atoms with Crippen molar-refractivity contribution in [1.82, 2.24) is 15.2 Å². The first-order valence-electron chi connectivity index (χ1n) is 5.52. The lowest BCUT2D eigenvalue weighted by Gasteiger charge is -2.38. The quantitative estimate of drug-likeness (QED) is 0.770. The summed E-state index contributed by atoms with van der Waals surface area (Å²) >= 11 is 0. The first kappa shape index (κ1) is 10.9. The molecule has 0 bridgehead atoms. The van der Waals surface area contributed by atoms with Gasteiger partial charge in [0.05, 0.1) is 0 Å². The smallest absolute Gasteiger partial charge is 0.280 e. The molecule has 1 fully saturated rings. The largest absolute Gasteiger partial charge is 0.379 e. The Morgan fingerprint density at radius 3 is 2.50 bits per heavy atom. The zero-order chi connectivity index (χ0) is 11.7. The molecule has 2 atom stereocenters. The van der Waals surface area contributed by atoms with E-state index in [1.165, 1.54) is 0 Å². The predicted molar refractivity (Wildman–Crippen MR) is 57.7 cm³/mol. The van der Waals surface area contributed by atoms with Crippen molar-refractivity contribution in [2.24, 2.45) is 0 Å². The maximum absolute atomic E-state index is 12.2. The summed E-state index contributed by atoms with van der Waals surface area (Å²) in [5.74, 6) is -0.117. The fraction of sp³-hybridized carbons (Fsp3) is 0.700. The molecule has 0 aliphatic carbocycles. The van der Waals surface area contributed by atoms with Crippen LogP contribution in [0.1, 0.15) is 43.6 Å². The van der Waals surface area contributed by atoms with Gasteiger partial charge >= 0.3 is 0 Å². The van der Waals surface area contributed by atoms with Crippen molar-refractivity contribution < 1.29 is 9.42 Å². The third kappa shape index (κ3) is 1.75. The van der Waals surface area contributed by atoms with Crippen molar-refractivity contribution in [2.75, 3.05) is 5.73 Å². The molecule has 6 nitrogen and oxygen atoms in total. The molecule has 1 aliphatic rings. The van der Waals surface area contributed by atoms with Gasteiger partial charge in [0.15, 0.2) is 0 Å². The van der Waals surface area contributed by atoms with Crippen LogP contribution in [0.4, 0.5) is 5.82 Å². The summed E-state index contributed by atoms with van der Waals surface area (Å²) in [6.45, 7) is 4.08. The second-order valence-corrected chi connectivity index (χ2v) is 4.34. The summed E-state index contributed by atoms with van der Waals surface area (Å²) in [6, 6.07) is 0.430. The van der Waals surface area contributed by atoms with Crippen LogP contribution in [-0.2, 0) is 0 Å². The normalized spacial score (nSPS) is 25.8. The molecule has 0 saturated carbocycles. The number of nitrogens with zero attached hydrogens (tertiary/aromatic N) is 3. The molecule has 2 N–H and O–H groups in total. The van der Waals surface area contributed by atoms with Crippen LogP contribution < -0.4 is 5.73 Å². The zero-order valence-electron chi connectivity index (χ0n) is 9.51. The summed E-state index contributed by atoms with van der Waals surface area (Å²) in [5, 5.41) is 6.98. The lowest BCUT2D eigenvalue weighted by Crippen LogP contribution is -2.47. The van der Waals surface area contributed by atoms with Crippen molar-refractivity contribution in [2.45, 2.75) is 45.2 Å². The molecule has 1 aliphatic heterocycles. The number of nitrogens with two attached hydrogens (primary N) is 1. The van der Waals surface area contributed by atoms with E-state index in [0.717, 1.165) is 19.3 Å². The highest BCUT2D eigenvalue weighted by Crippen LogP contribution is 2.25. The third-order valence-corrected chi connectivity index (χ3v) is 3.14. The van der Waals surface area contributed by atoms with Gasteiger partial charge in [-0.3, -0.25) is 4.79 Å². The molecule has 1 aromatic rings. The van der Waals surface area contributed by atoms with Crippen molar-refractivity contribution in [3.8, 4) is 0 Å². The number of amides is 1. The van der Waals surface area contributed by atoms with E-state index in [1.54, 1.807) is 0 Å². The standard InChI is InChI=1S/C10H16N4O2/c1-6-4-3-5-7(2)14(6)10(15)8-9(11)13-16-12-8/h6-7H,3-5H2,1-2H3,(H2,11,13). The Balaban J connectivity index is 2.23. The van der Waals surface area contributed by atoms with Crippen molar-refractivity contribution >= 4 is 11.7 Å². The number of nitrogen functional groups attached to an aromatic ring is 1. The number of hydrogen-bond acceptors (Lipinski definition) is 5. The van der Waals surface area contributed by atoms with Gasteiger partial charge in [-0.25, -0.2) is 4.63 Å². The van der Waals surface area contributed by atoms with Crippen molar-refractivity contribution in [3.63, 3.8) is 0 Å². The Hall–Kier alpha value is -1.59. The number of hydrogen-bond donors (Lipinski definition) is 1. The zero-order valence-corrected chi connectivity index (χ0v) is 9.51. The average Bonchev–Trinajstić information content (AvgIpc) is 2.64. The number of anilines is 1. The van der Waals surface area contributed by atoms with E-state index in [0.29, 0.717) is 0 Å². The minimum atomic E-state index is -0.182. The van der Waals surface area contributed by atoms with Gasteiger partial charge in [0.25, 0.3) is 5.91 Å². The molecule has 2 rings (SSSR count). The maximum atomic E-state index is 12.2. The summed E-state index contributed by atoms with van der Waals surface area (Å²) in [6.07, 6.45) is 3.18. The second kappa shape index (κ2) is 4.11. The lowest BCUT2D eigenvalue weighted by molar-refractivity contribution is 0.0500. The maximum Gasteiger partial charge on any atom is 0.280 e. The molecule has 6 heteroatoms. The SMILES string of the molecule is CC1CCCC(C)N1C(=O)c1nonc1N. The molecular weight excluding hydrogens is 208 g/mol. The fourth-order valence-electron chi connectivity index (χ4n) is 2.29. The first-order chi connectivity index (χ1) is 7.61. The Morgan fingerprint density at radius 1 is 1.38 bits per heavy atom. The van der Waals surface area contributed by atoms with Gasteiger partial charge in [-0.15, -0.1) is 0 Å². The van der Waals surface area contributed by atoms with Crippen LogP contribution in [0.2, 0.25) is 0 Å². The molecule has 16 heavy (non-hydrogen) atoms. The molecule has 2 heterocycles. The number of carbonyl (C=O) groups excluding carboxylic acids is 1. The molecule has 2 unspecified atom stereocenters. The summed E-state index contributed by atoms with van der Waals surface area (Å²) in [4.78, 5) is 14.0. The summed E-state index contributed by atoms with van der Waals surface area (Å²) in [5.41, 5.74) is 5.65. The molecule has 88 valence electrons. The average molecular weight is 224 g/mol. The Kier molecular flexibility index (Phi) is 2.80. The second-order valence-electron chi connectivity index (χ2n) is 4.34. The molecule has 1 aromatic heterocycles. The molecule has 0 aromatic carbocycles. The third-order valence-electron chi connectivity index (χ3n) is 3.14. The van der Waals surface area contributed by atoms with E-state index in [9.17, 15) is 4.79 Å². The molecule has 1 amide bonds. The molecular formula is C10H16N4O2. The van der Waals surface area contributed by atoms with Crippen LogP contribution in [0.15, 0.2) is 4.63 Å². The fourth-order valence-corrected chi connectivity index (χ4v) is 2.29. The van der Waals surface area contributed by atoms with Crippen LogP contribution in [0.3, 0.4) is 0 Å². The summed E-state index contributed by atoms with van der Waals surface area (Å²) < 4.78 is 4.46. The van der Waals surface area contributed by atoms with Gasteiger partial charge in [-0.05, 0) is 43.4 Å². The van der Waals surface area contributed by atoms with E-state index in [2.05, 4.69) is 14.9 Å². The van der Waals surface area contributed by atoms with Crippen molar-refractivity contribution in [1.29, 1.82) is 0 Å². The van der Waals surface area contributed by atoms with Gasteiger partial charge in [-0.1, -0.05) is 0 Å². The number of carbonyl (C=O) groups is 1. The molecule has 0 radical (unpaired) electrons. The minimum absolute atomic E-state index is 0.0648.